The molecule has 0 bridgehead atoms. The number of hydrogen-bond acceptors (Lipinski definition) is 1. The molecule has 0 spiro atoms. The Morgan fingerprint density at radius 1 is 0.923 bits per heavy atom. The second kappa shape index (κ2) is 7.17. The third kappa shape index (κ3) is 3.28. The number of fused-ring (bicyclic) bond motifs is 1. The van der Waals surface area contributed by atoms with Crippen LogP contribution >= 0.6 is 0 Å². The van der Waals surface area contributed by atoms with Crippen molar-refractivity contribution in [2.75, 3.05) is 6.54 Å². The van der Waals surface area contributed by atoms with Gasteiger partial charge in [0.25, 0.3) is 0 Å². The van der Waals surface area contributed by atoms with Gasteiger partial charge in [-0.3, -0.25) is 4.79 Å². The van der Waals surface area contributed by atoms with Crippen molar-refractivity contribution in [1.82, 2.24) is 4.90 Å². The van der Waals surface area contributed by atoms with E-state index in [2.05, 4.69) is 67.6 Å². The van der Waals surface area contributed by atoms with Gasteiger partial charge >= 0.3 is 0 Å². The first-order chi connectivity index (χ1) is 12.7. The molecule has 0 unspecified atom stereocenters. The lowest BCUT2D eigenvalue weighted by molar-refractivity contribution is -0.131. The Hall–Kier alpha value is -2.87. The van der Waals surface area contributed by atoms with Crippen molar-refractivity contribution in [3.8, 4) is 0 Å². The van der Waals surface area contributed by atoms with Crippen molar-refractivity contribution in [3.05, 3.63) is 107 Å². The van der Waals surface area contributed by atoms with E-state index < -0.39 is 0 Å². The Morgan fingerprint density at radius 3 is 2.42 bits per heavy atom. The summed E-state index contributed by atoms with van der Waals surface area (Å²) in [6.07, 6.45) is 0.469. The molecule has 0 N–H and O–H groups in total. The fourth-order valence-electron chi connectivity index (χ4n) is 3.85. The molecule has 1 aliphatic heterocycles. The predicted octanol–water partition coefficient (Wildman–Crippen LogP) is 4.71. The molecule has 2 nitrogen and oxygen atoms in total. The average molecular weight is 341 g/mol. The summed E-state index contributed by atoms with van der Waals surface area (Å²) >= 11 is 0. The van der Waals surface area contributed by atoms with Gasteiger partial charge in [0, 0.05) is 19.0 Å². The van der Waals surface area contributed by atoms with Crippen molar-refractivity contribution in [3.63, 3.8) is 0 Å². The quantitative estimate of drug-likeness (QED) is 0.675. The molecular formula is C24H23NO. The standard InChI is InChI=1S/C24H23NO/c1-18-9-5-6-12-20(18)15-24(26)25-16-21-13-7-8-14-22(21)23(17-25)19-10-3-2-4-11-19/h2-14,23H,15-17H2,1H3/t23-/m1/s1. The summed E-state index contributed by atoms with van der Waals surface area (Å²) in [6.45, 7) is 3.51. The van der Waals surface area contributed by atoms with Crippen LogP contribution in [-0.2, 0) is 17.8 Å². The normalized spacial score (nSPS) is 16.2. The summed E-state index contributed by atoms with van der Waals surface area (Å²) in [4.78, 5) is 15.1. The maximum absolute atomic E-state index is 13.0. The maximum atomic E-state index is 13.0. The maximum Gasteiger partial charge on any atom is 0.227 e. The van der Waals surface area contributed by atoms with Gasteiger partial charge in [-0.2, -0.15) is 0 Å². The summed E-state index contributed by atoms with van der Waals surface area (Å²) < 4.78 is 0. The van der Waals surface area contributed by atoms with E-state index in [0.717, 1.165) is 12.1 Å². The zero-order valence-electron chi connectivity index (χ0n) is 15.1. The molecule has 0 saturated heterocycles. The van der Waals surface area contributed by atoms with Crippen molar-refractivity contribution in [2.24, 2.45) is 0 Å². The molecule has 1 heterocycles. The van der Waals surface area contributed by atoms with Gasteiger partial charge in [0.15, 0.2) is 0 Å². The molecular weight excluding hydrogens is 318 g/mol. The molecule has 3 aromatic rings. The van der Waals surface area contributed by atoms with Gasteiger partial charge in [-0.1, -0.05) is 78.9 Å². The molecule has 4 rings (SSSR count). The zero-order chi connectivity index (χ0) is 17.9. The SMILES string of the molecule is Cc1ccccc1CC(=O)N1Cc2ccccc2[C@@H](c2ccccc2)C1. The van der Waals surface area contributed by atoms with Crippen LogP contribution in [0.15, 0.2) is 78.9 Å². The van der Waals surface area contributed by atoms with Crippen LogP contribution in [0, 0.1) is 6.92 Å². The van der Waals surface area contributed by atoms with Crippen LogP contribution in [0.4, 0.5) is 0 Å². The van der Waals surface area contributed by atoms with Crippen molar-refractivity contribution < 1.29 is 4.79 Å². The number of nitrogens with zero attached hydrogens (tertiary/aromatic N) is 1. The highest BCUT2D eigenvalue weighted by atomic mass is 16.2. The van der Waals surface area contributed by atoms with E-state index >= 15 is 0 Å². The number of amides is 1. The van der Waals surface area contributed by atoms with Gasteiger partial charge in [-0.15, -0.1) is 0 Å². The summed E-state index contributed by atoms with van der Waals surface area (Å²) in [5, 5.41) is 0. The summed E-state index contributed by atoms with van der Waals surface area (Å²) in [6, 6.07) is 27.2. The molecule has 0 aliphatic carbocycles. The van der Waals surface area contributed by atoms with E-state index in [4.69, 9.17) is 0 Å². The third-order valence-corrected chi connectivity index (χ3v) is 5.35. The van der Waals surface area contributed by atoms with Crippen molar-refractivity contribution in [2.45, 2.75) is 25.8 Å². The second-order valence-corrected chi connectivity index (χ2v) is 7.04. The first-order valence-corrected chi connectivity index (χ1v) is 9.17. The summed E-state index contributed by atoms with van der Waals surface area (Å²) in [7, 11) is 0. The second-order valence-electron chi connectivity index (χ2n) is 7.04. The van der Waals surface area contributed by atoms with Crippen LogP contribution in [0.2, 0.25) is 0 Å². The molecule has 130 valence electrons. The minimum atomic E-state index is 0.203. The monoisotopic (exact) mass is 341 g/mol. The molecule has 3 aromatic carbocycles. The molecule has 0 fully saturated rings. The molecule has 0 aromatic heterocycles. The fourth-order valence-corrected chi connectivity index (χ4v) is 3.85. The van der Waals surface area contributed by atoms with E-state index in [1.807, 2.05) is 23.1 Å². The van der Waals surface area contributed by atoms with Crippen LogP contribution in [0.1, 0.15) is 33.7 Å². The first-order valence-electron chi connectivity index (χ1n) is 9.17. The molecule has 1 atom stereocenters. The largest absolute Gasteiger partial charge is 0.337 e. The fraction of sp³-hybridized carbons (Fsp3) is 0.208. The number of hydrogen-bond donors (Lipinski definition) is 0. The van der Waals surface area contributed by atoms with Gasteiger partial charge in [0.2, 0.25) is 5.91 Å². The highest BCUT2D eigenvalue weighted by Crippen LogP contribution is 2.33. The van der Waals surface area contributed by atoms with Gasteiger partial charge in [-0.25, -0.2) is 0 Å². The third-order valence-electron chi connectivity index (χ3n) is 5.35. The number of rotatable bonds is 3. The Kier molecular flexibility index (Phi) is 4.57. The molecule has 26 heavy (non-hydrogen) atoms. The number of carbonyl (C=O) groups excluding carboxylic acids is 1. The van der Waals surface area contributed by atoms with Gasteiger partial charge < -0.3 is 4.90 Å². The predicted molar refractivity (Wildman–Crippen MR) is 105 cm³/mol. The number of benzene rings is 3. The Bertz CT molecular complexity index is 916. The lowest BCUT2D eigenvalue weighted by Gasteiger charge is -2.35. The molecule has 1 aliphatic rings. The van der Waals surface area contributed by atoms with Gasteiger partial charge in [0.1, 0.15) is 0 Å². The number of aryl methyl sites for hydroxylation is 1. The summed E-state index contributed by atoms with van der Waals surface area (Å²) in [5.41, 5.74) is 6.17. The van der Waals surface area contributed by atoms with E-state index in [1.165, 1.54) is 22.3 Å². The minimum absolute atomic E-state index is 0.203. The summed E-state index contributed by atoms with van der Waals surface area (Å²) in [5.74, 6) is 0.441. The minimum Gasteiger partial charge on any atom is -0.337 e. The van der Waals surface area contributed by atoms with Crippen LogP contribution in [0.3, 0.4) is 0 Å². The van der Waals surface area contributed by atoms with E-state index in [0.29, 0.717) is 13.0 Å². The Morgan fingerprint density at radius 2 is 1.62 bits per heavy atom. The number of carbonyl (C=O) groups is 1. The highest BCUT2D eigenvalue weighted by Gasteiger charge is 2.28. The van der Waals surface area contributed by atoms with Crippen LogP contribution in [0.5, 0.6) is 0 Å². The van der Waals surface area contributed by atoms with E-state index in [9.17, 15) is 4.79 Å². The van der Waals surface area contributed by atoms with Crippen LogP contribution < -0.4 is 0 Å². The molecule has 1 amide bonds. The van der Waals surface area contributed by atoms with E-state index in [-0.39, 0.29) is 11.8 Å². The highest BCUT2D eigenvalue weighted by molar-refractivity contribution is 5.79. The lowest BCUT2D eigenvalue weighted by atomic mass is 9.84. The van der Waals surface area contributed by atoms with Gasteiger partial charge in [0.05, 0.1) is 6.42 Å². The van der Waals surface area contributed by atoms with Crippen LogP contribution in [0.25, 0.3) is 0 Å². The van der Waals surface area contributed by atoms with Crippen molar-refractivity contribution >= 4 is 5.91 Å². The Labute approximate surface area is 155 Å². The topological polar surface area (TPSA) is 20.3 Å². The van der Waals surface area contributed by atoms with Gasteiger partial charge in [-0.05, 0) is 34.7 Å². The Balaban J connectivity index is 1.63. The molecule has 0 saturated carbocycles. The zero-order valence-corrected chi connectivity index (χ0v) is 15.1. The smallest absolute Gasteiger partial charge is 0.227 e. The lowest BCUT2D eigenvalue weighted by Crippen LogP contribution is -2.39. The average Bonchev–Trinajstić information content (AvgIpc) is 2.69. The first kappa shape index (κ1) is 16.6. The van der Waals surface area contributed by atoms with Crippen LogP contribution in [-0.4, -0.2) is 17.4 Å². The molecule has 2 heteroatoms. The van der Waals surface area contributed by atoms with Crippen molar-refractivity contribution in [1.29, 1.82) is 0 Å². The van der Waals surface area contributed by atoms with E-state index in [1.54, 1.807) is 0 Å². The molecule has 0 radical (unpaired) electrons.